The van der Waals surface area contributed by atoms with Crippen molar-refractivity contribution in [3.05, 3.63) is 94.8 Å². The summed E-state index contributed by atoms with van der Waals surface area (Å²) in [5.41, 5.74) is 1.23. The van der Waals surface area contributed by atoms with E-state index in [9.17, 15) is 19.8 Å². The molecule has 0 radical (unpaired) electrons. The van der Waals surface area contributed by atoms with Crippen molar-refractivity contribution in [2.24, 2.45) is 0 Å². The van der Waals surface area contributed by atoms with Gasteiger partial charge in [0, 0.05) is 30.7 Å². The highest BCUT2D eigenvalue weighted by Gasteiger charge is 2.20. The fourth-order valence-corrected chi connectivity index (χ4v) is 3.28. The van der Waals surface area contributed by atoms with Crippen molar-refractivity contribution in [1.29, 1.82) is 0 Å². The number of hydrogen-bond donors (Lipinski definition) is 2. The number of pyridine rings is 1. The molecule has 0 aliphatic rings. The molecule has 2 N–H and O–H groups in total. The van der Waals surface area contributed by atoms with Gasteiger partial charge < -0.3 is 19.7 Å². The summed E-state index contributed by atoms with van der Waals surface area (Å²) in [6, 6.07) is 19.9. The number of phenols is 2. The molecule has 6 heteroatoms. The molecular formula is C23H18N2O4. The molecule has 1 amide bonds. The van der Waals surface area contributed by atoms with E-state index in [1.54, 1.807) is 41.9 Å². The molecule has 144 valence electrons. The van der Waals surface area contributed by atoms with Crippen LogP contribution in [0.3, 0.4) is 0 Å². The molecule has 0 fully saturated rings. The van der Waals surface area contributed by atoms with Crippen LogP contribution in [0.5, 0.6) is 11.5 Å². The molecule has 29 heavy (non-hydrogen) atoms. The highest BCUT2D eigenvalue weighted by atomic mass is 16.3. The maximum absolute atomic E-state index is 13.1. The zero-order valence-electron chi connectivity index (χ0n) is 15.6. The second kappa shape index (κ2) is 7.16. The number of carbonyl (C=O) groups excluding carboxylic acids is 1. The second-order valence-corrected chi connectivity index (χ2v) is 6.66. The van der Waals surface area contributed by atoms with Crippen LogP contribution < -0.4 is 10.3 Å². The third kappa shape index (κ3) is 3.32. The van der Waals surface area contributed by atoms with Gasteiger partial charge in [0.2, 0.25) is 5.43 Å². The number of nitrogens with zero attached hydrogens (tertiary/aromatic N) is 2. The molecule has 3 aromatic carbocycles. The highest BCUT2D eigenvalue weighted by molar-refractivity contribution is 6.07. The van der Waals surface area contributed by atoms with Crippen molar-refractivity contribution in [2.45, 2.75) is 0 Å². The summed E-state index contributed by atoms with van der Waals surface area (Å²) >= 11 is 0. The number of carbonyl (C=O) groups is 1. The summed E-state index contributed by atoms with van der Waals surface area (Å²) in [4.78, 5) is 27.6. The summed E-state index contributed by atoms with van der Waals surface area (Å²) < 4.78 is 1.65. The third-order valence-corrected chi connectivity index (χ3v) is 4.77. The molecule has 0 saturated heterocycles. The molecule has 0 spiro atoms. The fourth-order valence-electron chi connectivity index (χ4n) is 3.28. The number of aromatic hydroxyl groups is 2. The lowest BCUT2D eigenvalue weighted by atomic mass is 10.1. The van der Waals surface area contributed by atoms with E-state index in [1.807, 2.05) is 18.2 Å². The first-order valence-corrected chi connectivity index (χ1v) is 8.96. The summed E-state index contributed by atoms with van der Waals surface area (Å²) in [5.74, 6) is -0.485. The largest absolute Gasteiger partial charge is 0.508 e. The topological polar surface area (TPSA) is 82.8 Å². The summed E-state index contributed by atoms with van der Waals surface area (Å²) in [6.45, 7) is 0. The molecule has 0 aliphatic heterocycles. The van der Waals surface area contributed by atoms with E-state index in [-0.39, 0.29) is 22.4 Å². The SMILES string of the molecule is CN(C(=O)c1cn(-c2cccc(O)c2)c2ccc(O)cc2c1=O)c1ccccc1. The molecule has 6 nitrogen and oxygen atoms in total. The standard InChI is InChI=1S/C23H18N2O4/c1-24(15-6-3-2-4-7-15)23(29)20-14-25(16-8-5-9-17(26)12-16)21-11-10-18(27)13-19(21)22(20)28/h2-14,26-27H,1H3. The predicted molar refractivity (Wildman–Crippen MR) is 112 cm³/mol. The quantitative estimate of drug-likeness (QED) is 0.563. The average molecular weight is 386 g/mol. The van der Waals surface area contributed by atoms with Crippen LogP contribution in [0.15, 0.2) is 83.8 Å². The molecule has 0 unspecified atom stereocenters. The van der Waals surface area contributed by atoms with E-state index in [1.165, 1.54) is 35.4 Å². The van der Waals surface area contributed by atoms with Gasteiger partial charge in [-0.15, -0.1) is 0 Å². The van der Waals surface area contributed by atoms with Crippen LogP contribution in [-0.4, -0.2) is 27.7 Å². The fraction of sp³-hybridized carbons (Fsp3) is 0.0435. The first kappa shape index (κ1) is 18.3. The molecule has 4 aromatic rings. The van der Waals surface area contributed by atoms with E-state index in [0.29, 0.717) is 16.9 Å². The minimum atomic E-state index is -0.472. The van der Waals surface area contributed by atoms with Crippen LogP contribution >= 0.6 is 0 Å². The monoisotopic (exact) mass is 386 g/mol. The van der Waals surface area contributed by atoms with E-state index in [4.69, 9.17) is 0 Å². The smallest absolute Gasteiger partial charge is 0.263 e. The van der Waals surface area contributed by atoms with Crippen molar-refractivity contribution in [3.63, 3.8) is 0 Å². The Labute approximate surface area is 166 Å². The van der Waals surface area contributed by atoms with Gasteiger partial charge in [0.05, 0.1) is 10.9 Å². The number of fused-ring (bicyclic) bond motifs is 1. The van der Waals surface area contributed by atoms with Crippen LogP contribution in [0.1, 0.15) is 10.4 Å². The van der Waals surface area contributed by atoms with E-state index >= 15 is 0 Å². The Morgan fingerprint density at radius 2 is 1.62 bits per heavy atom. The van der Waals surface area contributed by atoms with Gasteiger partial charge in [-0.3, -0.25) is 9.59 Å². The van der Waals surface area contributed by atoms with E-state index in [2.05, 4.69) is 0 Å². The number of para-hydroxylation sites is 1. The third-order valence-electron chi connectivity index (χ3n) is 4.77. The summed E-state index contributed by atoms with van der Waals surface area (Å²) in [5, 5.41) is 20.0. The zero-order valence-corrected chi connectivity index (χ0v) is 15.6. The number of hydrogen-bond acceptors (Lipinski definition) is 4. The maximum Gasteiger partial charge on any atom is 0.263 e. The van der Waals surface area contributed by atoms with Gasteiger partial charge in [-0.25, -0.2) is 0 Å². The van der Waals surface area contributed by atoms with Crippen LogP contribution in [0, 0.1) is 0 Å². The molecule has 1 heterocycles. The maximum atomic E-state index is 13.1. The van der Waals surface area contributed by atoms with Gasteiger partial charge in [-0.1, -0.05) is 24.3 Å². The van der Waals surface area contributed by atoms with Gasteiger partial charge >= 0.3 is 0 Å². The van der Waals surface area contributed by atoms with Crippen LogP contribution in [-0.2, 0) is 0 Å². The minimum Gasteiger partial charge on any atom is -0.508 e. The molecule has 0 atom stereocenters. The molecular weight excluding hydrogens is 368 g/mol. The Morgan fingerprint density at radius 1 is 0.897 bits per heavy atom. The number of rotatable bonds is 3. The minimum absolute atomic E-state index is 0.0437. The average Bonchev–Trinajstić information content (AvgIpc) is 2.74. The zero-order chi connectivity index (χ0) is 20.5. The number of anilines is 1. The normalized spacial score (nSPS) is 10.8. The summed E-state index contributed by atoms with van der Waals surface area (Å²) in [6.07, 6.45) is 1.47. The predicted octanol–water partition coefficient (Wildman–Crippen LogP) is 3.68. The molecule has 1 aromatic heterocycles. The molecule has 0 bridgehead atoms. The van der Waals surface area contributed by atoms with Crippen molar-refractivity contribution in [1.82, 2.24) is 4.57 Å². The van der Waals surface area contributed by atoms with E-state index in [0.717, 1.165) is 0 Å². The van der Waals surface area contributed by atoms with Crippen LogP contribution in [0.25, 0.3) is 16.6 Å². The van der Waals surface area contributed by atoms with Crippen molar-refractivity contribution in [3.8, 4) is 17.2 Å². The van der Waals surface area contributed by atoms with Crippen LogP contribution in [0.2, 0.25) is 0 Å². The van der Waals surface area contributed by atoms with Crippen molar-refractivity contribution >= 4 is 22.5 Å². The number of aromatic nitrogens is 1. The highest BCUT2D eigenvalue weighted by Crippen LogP contribution is 2.24. The van der Waals surface area contributed by atoms with E-state index < -0.39 is 11.3 Å². The lowest BCUT2D eigenvalue weighted by Gasteiger charge is -2.19. The lowest BCUT2D eigenvalue weighted by Crippen LogP contribution is -2.31. The second-order valence-electron chi connectivity index (χ2n) is 6.66. The van der Waals surface area contributed by atoms with Gasteiger partial charge in [-0.2, -0.15) is 0 Å². The molecule has 4 rings (SSSR count). The molecule has 0 aliphatic carbocycles. The van der Waals surface area contributed by atoms with Gasteiger partial charge in [0.25, 0.3) is 5.91 Å². The van der Waals surface area contributed by atoms with Crippen LogP contribution in [0.4, 0.5) is 5.69 Å². The number of phenolic OH excluding ortho intramolecular Hbond substituents is 2. The van der Waals surface area contributed by atoms with Gasteiger partial charge in [0.15, 0.2) is 0 Å². The Hall–Kier alpha value is -4.06. The van der Waals surface area contributed by atoms with Crippen molar-refractivity contribution < 1.29 is 15.0 Å². The van der Waals surface area contributed by atoms with Crippen molar-refractivity contribution in [2.75, 3.05) is 11.9 Å². The Balaban J connectivity index is 1.96. The Kier molecular flexibility index (Phi) is 4.52. The van der Waals surface area contributed by atoms with Gasteiger partial charge in [-0.05, 0) is 42.5 Å². The molecule has 0 saturated carbocycles. The van der Waals surface area contributed by atoms with Gasteiger partial charge in [0.1, 0.15) is 17.1 Å². The Bertz CT molecular complexity index is 1280. The lowest BCUT2D eigenvalue weighted by molar-refractivity contribution is 0.0991. The first-order valence-electron chi connectivity index (χ1n) is 8.96. The Morgan fingerprint density at radius 3 is 2.34 bits per heavy atom. The summed E-state index contributed by atoms with van der Waals surface area (Å²) in [7, 11) is 1.60. The number of amides is 1. The number of benzene rings is 3. The first-order chi connectivity index (χ1) is 14.0.